The third-order valence-corrected chi connectivity index (χ3v) is 25.1. The van der Waals surface area contributed by atoms with E-state index in [1.54, 1.807) is 66.1 Å². The maximum Gasteiger partial charge on any atom is 0.508 e. The van der Waals surface area contributed by atoms with Crippen LogP contribution in [0.2, 0.25) is 5.02 Å². The van der Waals surface area contributed by atoms with Gasteiger partial charge in [0.05, 0.1) is 86.0 Å². The van der Waals surface area contributed by atoms with Gasteiger partial charge in [0, 0.05) is 61.5 Å². The highest BCUT2D eigenvalue weighted by Crippen LogP contribution is 2.36. The molecule has 1 aliphatic rings. The maximum atomic E-state index is 14.1. The number of amides is 9. The number of rotatable bonds is 52. The van der Waals surface area contributed by atoms with Crippen LogP contribution in [0.4, 0.5) is 16.4 Å². The van der Waals surface area contributed by atoms with Crippen LogP contribution in [0.1, 0.15) is 113 Å². The summed E-state index contributed by atoms with van der Waals surface area (Å²) in [5.41, 5.74) is 5.31. The van der Waals surface area contributed by atoms with Gasteiger partial charge in [-0.3, -0.25) is 67.3 Å². The van der Waals surface area contributed by atoms with Crippen LogP contribution < -0.4 is 69.2 Å². The number of aliphatic hydroxyl groups is 12. The van der Waals surface area contributed by atoms with Crippen LogP contribution in [0.3, 0.4) is 0 Å². The summed E-state index contributed by atoms with van der Waals surface area (Å²) < 4.78 is 28.4. The van der Waals surface area contributed by atoms with Crippen LogP contribution in [0.5, 0.6) is 5.75 Å². The molecule has 0 spiro atoms. The lowest BCUT2D eigenvalue weighted by Gasteiger charge is -2.34. The summed E-state index contributed by atoms with van der Waals surface area (Å²) >= 11 is 13.4. The van der Waals surface area contributed by atoms with E-state index in [1.807, 2.05) is 29.8 Å². The Hall–Kier alpha value is -12.9. The minimum atomic E-state index is -2.65. The molecule has 806 valence electrons. The molecule has 0 aliphatic carbocycles. The molecule has 3 aromatic carbocycles. The number of ether oxygens (including phenoxy) is 5. The molecule has 0 fully saturated rings. The van der Waals surface area contributed by atoms with E-state index in [1.165, 1.54) is 70.5 Å². The van der Waals surface area contributed by atoms with Gasteiger partial charge in [0.15, 0.2) is 17.3 Å². The summed E-state index contributed by atoms with van der Waals surface area (Å²) in [6.07, 6.45) is -25.4. The Kier molecular flexibility index (Phi) is 51.0. The Morgan fingerprint density at radius 3 is 1.77 bits per heavy atom. The first-order valence-electron chi connectivity index (χ1n) is 44.7. The van der Waals surface area contributed by atoms with E-state index in [2.05, 4.69) is 46.5 Å². The molecule has 1 aliphatic heterocycles. The number of methoxy groups -OCH3 is 1. The zero-order valence-electron chi connectivity index (χ0n) is 79.7. The fraction of sp³-hybridized carbons (Fsp3) is 0.528. The van der Waals surface area contributed by atoms with Crippen molar-refractivity contribution in [2.75, 3.05) is 69.7 Å². The summed E-state index contributed by atoms with van der Waals surface area (Å²) in [5.74, 6) is -21.3. The van der Waals surface area contributed by atoms with Crippen LogP contribution in [0, 0.1) is 23.2 Å². The van der Waals surface area contributed by atoms with Gasteiger partial charge in [-0.25, -0.2) is 29.1 Å². The summed E-state index contributed by atoms with van der Waals surface area (Å²) in [6.45, 7) is 5.71. The van der Waals surface area contributed by atoms with Crippen molar-refractivity contribution < 1.29 is 182 Å². The van der Waals surface area contributed by atoms with E-state index in [0.717, 1.165) is 28.6 Å². The Morgan fingerprint density at radius 2 is 1.23 bits per heavy atom. The summed E-state index contributed by atoms with van der Waals surface area (Å²) in [7, 11) is 4.61. The minimum Gasteiger partial charge on any atom is -0.495 e. The molecule has 0 saturated heterocycles. The number of likely N-dealkylation sites (N-methyl/N-ethyl adjacent to an activating group) is 1. The number of fused-ring (bicyclic) bond motifs is 1. The molecule has 2 aromatic heterocycles. The van der Waals surface area contributed by atoms with E-state index in [-0.39, 0.29) is 84.1 Å². The van der Waals surface area contributed by atoms with Gasteiger partial charge >= 0.3 is 42.0 Å². The van der Waals surface area contributed by atoms with E-state index < -0.39 is 284 Å². The van der Waals surface area contributed by atoms with E-state index >= 15 is 0 Å². The first kappa shape index (κ1) is 124. The molecule has 0 bridgehead atoms. The smallest absolute Gasteiger partial charge is 0.495 e. The Bertz CT molecular complexity index is 5380. The van der Waals surface area contributed by atoms with Crippen LogP contribution in [0.15, 0.2) is 95.9 Å². The molecule has 5 aromatic rings. The van der Waals surface area contributed by atoms with Gasteiger partial charge < -0.3 is 164 Å². The number of alkyl halides is 1. The largest absolute Gasteiger partial charge is 0.508 e. The number of halogens is 2. The second-order valence-electron chi connectivity index (χ2n) is 34.1. The van der Waals surface area contributed by atoms with Crippen molar-refractivity contribution in [3.8, 4) is 5.75 Å². The molecule has 0 saturated carbocycles. The van der Waals surface area contributed by atoms with Crippen molar-refractivity contribution >= 4 is 163 Å². The van der Waals surface area contributed by atoms with Crippen LogP contribution in [-0.4, -0.2) is 371 Å². The quantitative estimate of drug-likeness (QED) is 0.00569. The normalized spacial score (nSPS) is 18.6. The first-order valence-corrected chi connectivity index (χ1v) is 48.0. The third kappa shape index (κ3) is 39.2. The van der Waals surface area contributed by atoms with Crippen LogP contribution in [-0.2, 0) is 99.0 Å². The number of nitrogens with two attached hydrogens (primary N) is 1. The van der Waals surface area contributed by atoms with Crippen LogP contribution in [0.25, 0.3) is 11.2 Å². The van der Waals surface area contributed by atoms with E-state index in [4.69, 9.17) is 57.7 Å². The number of anilines is 2. The van der Waals surface area contributed by atoms with Crippen molar-refractivity contribution in [3.63, 3.8) is 0 Å². The summed E-state index contributed by atoms with van der Waals surface area (Å²) in [5, 5.41) is 180. The average Bonchev–Trinajstić information content (AvgIpc) is 0.816. The van der Waals surface area contributed by atoms with Gasteiger partial charge in [0.2, 0.25) is 53.2 Å². The number of hydrogen-bond donors (Lipinski definition) is 28. The molecular weight excluding hydrogens is 2020 g/mol. The molecule has 53 nitrogen and oxygen atoms in total. The molecule has 9 amide bonds. The zero-order chi connectivity index (χ0) is 109. The summed E-state index contributed by atoms with van der Waals surface area (Å²) in [4.78, 5) is 235. The fourth-order valence-corrected chi connectivity index (χ4v) is 16.1. The van der Waals surface area contributed by atoms with Gasteiger partial charge in [-0.15, -0.1) is 11.6 Å². The minimum absolute atomic E-state index is 0.00200. The highest BCUT2D eigenvalue weighted by molar-refractivity contribution is 8.76. The number of benzene rings is 3. The number of hydrogen-bond acceptors (Lipinski definition) is 41. The Balaban J connectivity index is 0.000000514. The number of esters is 2. The predicted octanol–water partition coefficient (Wildman–Crippen LogP) is -5.20. The average molecular weight is 2140 g/mol. The number of nitrogens with zero attached hydrogens (tertiary/aromatic N) is 3. The fourth-order valence-electron chi connectivity index (χ4n) is 13.4. The first-order chi connectivity index (χ1) is 68.7. The van der Waals surface area contributed by atoms with Crippen molar-refractivity contribution in [1.29, 1.82) is 0 Å². The molecule has 0 radical (unpaired) electrons. The number of nitrogens with one attached hydrogen (secondary N) is 11. The van der Waals surface area contributed by atoms with Gasteiger partial charge in [-0.2, -0.15) is 4.98 Å². The van der Waals surface area contributed by atoms with E-state index in [0.29, 0.717) is 28.3 Å². The second-order valence-corrected chi connectivity index (χ2v) is 37.6. The molecule has 29 N–H and O–H groups in total. The second kappa shape index (κ2) is 60.3. The highest BCUT2D eigenvalue weighted by Gasteiger charge is 2.46. The number of H-pyrrole nitrogens is 1. The molecule has 6 rings (SSSR count). The molecule has 146 heavy (non-hydrogen) atoms. The lowest BCUT2D eigenvalue weighted by atomic mass is 9.90. The van der Waals surface area contributed by atoms with Gasteiger partial charge in [-0.05, 0) is 86.2 Å². The lowest BCUT2D eigenvalue weighted by Crippen LogP contribution is -2.65. The zero-order valence-corrected chi connectivity index (χ0v) is 82.8. The van der Waals surface area contributed by atoms with Gasteiger partial charge in [0.1, 0.15) is 116 Å². The monoisotopic (exact) mass is 2140 g/mol. The molecule has 3 heterocycles. The number of carbonyl (C=O) groups is 16. The number of carbonyl (C=O) groups excluding carboxylic acids is 12. The number of carboxylic acid groups (broad SMARTS) is 4. The molecule has 22 atom stereocenters. The van der Waals surface area contributed by atoms with Crippen molar-refractivity contribution in [2.45, 2.75) is 214 Å². The predicted molar refractivity (Wildman–Crippen MR) is 513 cm³/mol. The van der Waals surface area contributed by atoms with Crippen molar-refractivity contribution in [1.82, 2.24) is 67.8 Å². The number of nitrogen functional groups attached to an aromatic ring is 1. The number of aromatic amines is 1. The Labute approximate surface area is 849 Å². The van der Waals surface area contributed by atoms with Gasteiger partial charge in [-0.1, -0.05) is 103 Å². The summed E-state index contributed by atoms with van der Waals surface area (Å²) in [6, 6.07) is 5.16. The maximum absolute atomic E-state index is 14.1. The molecule has 0 unspecified atom stereocenters. The third-order valence-electron chi connectivity index (χ3n) is 21.9. The molecule has 57 heteroatoms. The van der Waals surface area contributed by atoms with Gasteiger partial charge in [0.25, 0.3) is 11.5 Å². The SMILES string of the molecule is CNC(=O)[C@H](CC(=O)O)NC(=O)[C@@H](NC(=O)[C@H](CC(=O)O)NC(=O)[C@@H](NC(=O)CC[C@H](NC(=O)c1ccc(NCc2cnc3nc(N)[nH]c(=O)c3n2)cc1)C(=O)O)[C@@H](O)[C@H](O)[C@H](O)CO)[C@@H](O)[C@H](O)[C@H](O)CO.COc1ccc(C[C@H]2NC(=O)/C=C/C[C@@H]([C@H](C)[C@@H](OC(=O)OCCSSC[C@@H](NC(=O)[C@@H](C)[C@@H](O)[C@H](O)[C@H](O)CO)C(=O)O)[C@@H](Cl)c3ccccc3)OC(=O)[C@H](CC(C)C)OC(=O)C(C)(C)CNC2=O)cc1Cl. The Morgan fingerprint density at radius 1 is 0.658 bits per heavy atom. The van der Waals surface area contributed by atoms with Crippen molar-refractivity contribution in [2.24, 2.45) is 23.2 Å². The number of aromatic nitrogens is 4. The topological polar surface area (TPSA) is 861 Å². The lowest BCUT2D eigenvalue weighted by molar-refractivity contribution is -0.180. The number of aliphatic carboxylic acids is 4. The van der Waals surface area contributed by atoms with Crippen LogP contribution >= 0.6 is 44.8 Å². The van der Waals surface area contributed by atoms with E-state index in [9.17, 15) is 158 Å². The van der Waals surface area contributed by atoms with Crippen molar-refractivity contribution in [3.05, 3.63) is 129 Å². The molecular formula is C89H121Cl2N15O38S2. The number of aliphatic hydroxyl groups excluding tert-OH is 12. The number of cyclic esters (lactones) is 2. The number of carboxylic acids is 4. The highest BCUT2D eigenvalue weighted by atomic mass is 35.5. The standard InChI is InChI=1S/C49H67Cl2N3O17S2.C40H54N12O21/c1-26(2)20-37-46(64)69-35(14-11-15-38(57)53-32(22-29-16-17-36(67-7)31(50)21-29)44(61)52-25-49(5,6)47(65)70-37)27(3)42(39(51)30-12-9-8-10-13-30)71-48(66)68-18-19-72-73-24-33(45(62)63)54-43(60)28(4)40(58)41(59)34(56)23-55;1-42-34(67)18(8-23(58)59)47-37(70)26(31(65)29(63)21(56)13-54)50-35(68)19(9-24(60)61)48-36(69)25(30(64)28(62)20(55)12-53)49-22(57)7-6-17(39(72)73)46-33(66)14-2-4-15(5-3-14)43-10-16-11-44-32-27(45-16)38(71)52-40(41)51-32/h8-13,15-17,21,26-28,32-35,37,39-42,55-56,58-59H,14,18-20,22-25H2,1-7H3,(H,52,61)(H,53,57)(H,54,60)(H,62,63);2-5,11,17-21,25-26,28-31,43,53-56,62-65H,6-10,12-13H2,1H3,(H,42,67)(H,46,66)(H,47,70)(H,48,69)(H,49,57)(H,50,68)(H,58,59)(H,60,61)(H,72,73)(H3,41,44,51,52,71)/b15-11+;/t27-,28-,32+,33+,34+,35-,37-,39-,40+,41+,42+;17-,18-,19-,20+,21+,25-,26-,28+,29+,30+,31+/m00/s1.